The molecule has 1 amide bonds. The zero-order valence-electron chi connectivity index (χ0n) is 12.3. The van der Waals surface area contributed by atoms with Crippen LogP contribution in [0.2, 0.25) is 0 Å². The van der Waals surface area contributed by atoms with Crippen LogP contribution in [0.5, 0.6) is 0 Å². The van der Waals surface area contributed by atoms with Crippen LogP contribution >= 0.6 is 0 Å². The summed E-state index contributed by atoms with van der Waals surface area (Å²) in [5, 5.41) is 3.07. The van der Waals surface area contributed by atoms with E-state index < -0.39 is 0 Å². The first-order valence-corrected chi connectivity index (χ1v) is 7.42. The van der Waals surface area contributed by atoms with Gasteiger partial charge in [0.15, 0.2) is 0 Å². The molecule has 3 rings (SSSR count). The van der Waals surface area contributed by atoms with E-state index >= 15 is 0 Å². The summed E-state index contributed by atoms with van der Waals surface area (Å²) in [6.07, 6.45) is 2.08. The van der Waals surface area contributed by atoms with Crippen LogP contribution in [0.3, 0.4) is 0 Å². The van der Waals surface area contributed by atoms with Gasteiger partial charge in [-0.15, -0.1) is 0 Å². The topological polar surface area (TPSA) is 32.3 Å². The molecular formula is C18H20N2O. The second-order valence-electron chi connectivity index (χ2n) is 5.43. The highest BCUT2D eigenvalue weighted by Crippen LogP contribution is 2.20. The molecule has 0 bridgehead atoms. The van der Waals surface area contributed by atoms with Crippen molar-refractivity contribution in [3.8, 4) is 0 Å². The molecule has 0 radical (unpaired) electrons. The highest BCUT2D eigenvalue weighted by atomic mass is 16.2. The van der Waals surface area contributed by atoms with Crippen molar-refractivity contribution in [2.75, 3.05) is 18.9 Å². The number of benzene rings is 2. The Bertz CT molecular complexity index is 634. The van der Waals surface area contributed by atoms with E-state index in [1.165, 1.54) is 11.1 Å². The lowest BCUT2D eigenvalue weighted by Gasteiger charge is -2.21. The van der Waals surface area contributed by atoms with Gasteiger partial charge in [0.2, 0.25) is 0 Å². The smallest absolute Gasteiger partial charge is 0.254 e. The van der Waals surface area contributed by atoms with Crippen LogP contribution in [0.4, 0.5) is 5.69 Å². The molecule has 21 heavy (non-hydrogen) atoms. The lowest BCUT2D eigenvalue weighted by atomic mass is 10.0. The molecule has 2 aromatic carbocycles. The lowest BCUT2D eigenvalue weighted by molar-refractivity contribution is 0.0746. The first-order valence-electron chi connectivity index (χ1n) is 7.42. The van der Waals surface area contributed by atoms with Crippen molar-refractivity contribution < 1.29 is 4.79 Å². The maximum atomic E-state index is 12.7. The number of nitrogens with one attached hydrogen (secondary N) is 1. The SMILES string of the molecule is CNc1ccc(C(=O)N2CCCc3ccccc3C2)cc1. The zero-order valence-corrected chi connectivity index (χ0v) is 12.3. The molecule has 1 aliphatic rings. The number of hydrogen-bond acceptors (Lipinski definition) is 2. The van der Waals surface area contributed by atoms with Crippen molar-refractivity contribution in [1.29, 1.82) is 0 Å². The third-order valence-corrected chi connectivity index (χ3v) is 4.06. The van der Waals surface area contributed by atoms with E-state index in [1.54, 1.807) is 0 Å². The molecule has 2 aromatic rings. The minimum absolute atomic E-state index is 0.120. The Labute approximate surface area is 125 Å². The summed E-state index contributed by atoms with van der Waals surface area (Å²) in [4.78, 5) is 14.6. The molecule has 1 heterocycles. The summed E-state index contributed by atoms with van der Waals surface area (Å²) >= 11 is 0. The van der Waals surface area contributed by atoms with Gasteiger partial charge in [-0.05, 0) is 48.2 Å². The summed E-state index contributed by atoms with van der Waals surface area (Å²) in [5.41, 5.74) is 4.43. The van der Waals surface area contributed by atoms with Crippen LogP contribution in [0.15, 0.2) is 48.5 Å². The number of carbonyl (C=O) groups excluding carboxylic acids is 1. The Kier molecular flexibility index (Phi) is 3.91. The largest absolute Gasteiger partial charge is 0.388 e. The molecule has 108 valence electrons. The van der Waals surface area contributed by atoms with E-state index in [9.17, 15) is 4.79 Å². The van der Waals surface area contributed by atoms with Gasteiger partial charge in [0.1, 0.15) is 0 Å². The number of fused-ring (bicyclic) bond motifs is 1. The van der Waals surface area contributed by atoms with Crippen molar-refractivity contribution in [3.63, 3.8) is 0 Å². The zero-order chi connectivity index (χ0) is 14.7. The minimum Gasteiger partial charge on any atom is -0.388 e. The van der Waals surface area contributed by atoms with Crippen molar-refractivity contribution in [1.82, 2.24) is 4.90 Å². The predicted molar refractivity (Wildman–Crippen MR) is 85.5 cm³/mol. The number of nitrogens with zero attached hydrogens (tertiary/aromatic N) is 1. The molecule has 0 saturated heterocycles. The van der Waals surface area contributed by atoms with E-state index in [-0.39, 0.29) is 5.91 Å². The normalized spacial score (nSPS) is 14.2. The van der Waals surface area contributed by atoms with E-state index in [2.05, 4.69) is 29.6 Å². The van der Waals surface area contributed by atoms with Gasteiger partial charge in [-0.1, -0.05) is 24.3 Å². The van der Waals surface area contributed by atoms with Gasteiger partial charge in [0, 0.05) is 31.4 Å². The number of aryl methyl sites for hydroxylation is 1. The Hall–Kier alpha value is -2.29. The third-order valence-electron chi connectivity index (χ3n) is 4.06. The van der Waals surface area contributed by atoms with Crippen LogP contribution in [-0.2, 0) is 13.0 Å². The average Bonchev–Trinajstić information content (AvgIpc) is 2.76. The predicted octanol–water partition coefficient (Wildman–Crippen LogP) is 3.32. The molecule has 0 aromatic heterocycles. The van der Waals surface area contributed by atoms with Gasteiger partial charge in [0.05, 0.1) is 0 Å². The fourth-order valence-electron chi connectivity index (χ4n) is 2.84. The van der Waals surface area contributed by atoms with Crippen molar-refractivity contribution in [3.05, 3.63) is 65.2 Å². The van der Waals surface area contributed by atoms with Gasteiger partial charge in [-0.2, -0.15) is 0 Å². The number of amides is 1. The fourth-order valence-corrected chi connectivity index (χ4v) is 2.84. The number of carbonyl (C=O) groups is 1. The number of rotatable bonds is 2. The summed E-state index contributed by atoms with van der Waals surface area (Å²) in [6.45, 7) is 1.53. The molecule has 0 atom stereocenters. The summed E-state index contributed by atoms with van der Waals surface area (Å²) in [6, 6.07) is 16.1. The van der Waals surface area contributed by atoms with Crippen molar-refractivity contribution in [2.24, 2.45) is 0 Å². The van der Waals surface area contributed by atoms with E-state index in [4.69, 9.17) is 0 Å². The Morgan fingerprint density at radius 1 is 1.05 bits per heavy atom. The fraction of sp³-hybridized carbons (Fsp3) is 0.278. The van der Waals surface area contributed by atoms with Crippen LogP contribution in [0, 0.1) is 0 Å². The molecule has 1 N–H and O–H groups in total. The molecule has 0 spiro atoms. The standard InChI is InChI=1S/C18H20N2O/c1-19-17-10-8-15(9-11-17)18(21)20-12-4-7-14-5-2-3-6-16(14)13-20/h2-3,5-6,8-11,19H,4,7,12-13H2,1H3. The molecule has 0 unspecified atom stereocenters. The third kappa shape index (κ3) is 2.92. The van der Waals surface area contributed by atoms with Gasteiger partial charge < -0.3 is 10.2 Å². The van der Waals surface area contributed by atoms with E-state index in [0.29, 0.717) is 6.54 Å². The summed E-state index contributed by atoms with van der Waals surface area (Å²) in [7, 11) is 1.88. The van der Waals surface area contributed by atoms with Crippen LogP contribution < -0.4 is 5.32 Å². The first-order chi connectivity index (χ1) is 10.3. The van der Waals surface area contributed by atoms with Crippen LogP contribution in [0.1, 0.15) is 27.9 Å². The van der Waals surface area contributed by atoms with Gasteiger partial charge >= 0.3 is 0 Å². The number of hydrogen-bond donors (Lipinski definition) is 1. The van der Waals surface area contributed by atoms with Crippen molar-refractivity contribution in [2.45, 2.75) is 19.4 Å². The van der Waals surface area contributed by atoms with Gasteiger partial charge in [-0.3, -0.25) is 4.79 Å². The second-order valence-corrected chi connectivity index (χ2v) is 5.43. The van der Waals surface area contributed by atoms with Gasteiger partial charge in [-0.25, -0.2) is 0 Å². The maximum Gasteiger partial charge on any atom is 0.254 e. The summed E-state index contributed by atoms with van der Waals surface area (Å²) in [5.74, 6) is 0.120. The van der Waals surface area contributed by atoms with Crippen molar-refractivity contribution >= 4 is 11.6 Å². The average molecular weight is 280 g/mol. The van der Waals surface area contributed by atoms with Crippen LogP contribution in [0.25, 0.3) is 0 Å². The molecule has 3 heteroatoms. The number of anilines is 1. The highest BCUT2D eigenvalue weighted by Gasteiger charge is 2.19. The summed E-state index contributed by atoms with van der Waals surface area (Å²) < 4.78 is 0. The molecular weight excluding hydrogens is 260 g/mol. The van der Waals surface area contributed by atoms with Gasteiger partial charge in [0.25, 0.3) is 5.91 Å². The van der Waals surface area contributed by atoms with E-state index in [1.807, 2.05) is 36.2 Å². The quantitative estimate of drug-likeness (QED) is 0.915. The Balaban J connectivity index is 1.81. The minimum atomic E-state index is 0.120. The van der Waals surface area contributed by atoms with Crippen LogP contribution in [-0.4, -0.2) is 24.4 Å². The maximum absolute atomic E-state index is 12.7. The molecule has 0 saturated carbocycles. The molecule has 3 nitrogen and oxygen atoms in total. The monoisotopic (exact) mass is 280 g/mol. The molecule has 0 fully saturated rings. The molecule has 0 aliphatic carbocycles. The Morgan fingerprint density at radius 2 is 1.76 bits per heavy atom. The Morgan fingerprint density at radius 3 is 2.48 bits per heavy atom. The first kappa shape index (κ1) is 13.7. The highest BCUT2D eigenvalue weighted by molar-refractivity contribution is 5.94. The van der Waals surface area contributed by atoms with E-state index in [0.717, 1.165) is 30.6 Å². The molecule has 1 aliphatic heterocycles. The second kappa shape index (κ2) is 6.00. The lowest BCUT2D eigenvalue weighted by Crippen LogP contribution is -2.30.